The third-order valence-corrected chi connectivity index (χ3v) is 5.56. The lowest BCUT2D eigenvalue weighted by molar-refractivity contribution is 0.173. The second-order valence-corrected chi connectivity index (χ2v) is 7.47. The number of rotatable bonds is 6. The lowest BCUT2D eigenvalue weighted by Gasteiger charge is -2.46. The number of aliphatic hydroxyl groups excluding tert-OH is 1. The van der Waals surface area contributed by atoms with E-state index < -0.39 is 6.10 Å². The van der Waals surface area contributed by atoms with Crippen molar-refractivity contribution in [2.75, 3.05) is 4.90 Å². The van der Waals surface area contributed by atoms with Gasteiger partial charge < -0.3 is 15.1 Å². The predicted octanol–water partition coefficient (Wildman–Crippen LogP) is 5.09. The molecule has 1 aliphatic heterocycles. The van der Waals surface area contributed by atoms with Gasteiger partial charge in [-0.05, 0) is 66.1 Å². The number of benzene rings is 3. The quantitative estimate of drug-likeness (QED) is 0.560. The predicted molar refractivity (Wildman–Crippen MR) is 112 cm³/mol. The van der Waals surface area contributed by atoms with Crippen LogP contribution in [-0.2, 0) is 0 Å². The Balaban J connectivity index is 1.55. The molecule has 0 radical (unpaired) electrons. The number of aromatic hydroxyl groups is 1. The van der Waals surface area contributed by atoms with Crippen molar-refractivity contribution in [3.63, 3.8) is 0 Å². The number of amides is 1. The molecule has 4 nitrogen and oxygen atoms in total. The molecule has 0 unspecified atom stereocenters. The van der Waals surface area contributed by atoms with Gasteiger partial charge in [0, 0.05) is 11.6 Å². The lowest BCUT2D eigenvalue weighted by Crippen LogP contribution is -2.61. The van der Waals surface area contributed by atoms with Gasteiger partial charge in [-0.25, -0.2) is 8.78 Å². The highest BCUT2D eigenvalue weighted by Crippen LogP contribution is 2.42. The van der Waals surface area contributed by atoms with Gasteiger partial charge in [0.05, 0.1) is 6.10 Å². The molecule has 4 rings (SSSR count). The molecule has 2 atom stereocenters. The Morgan fingerprint density at radius 1 is 0.900 bits per heavy atom. The van der Waals surface area contributed by atoms with Crippen LogP contribution in [0.4, 0.5) is 19.3 Å². The zero-order chi connectivity index (χ0) is 21.3. The summed E-state index contributed by atoms with van der Waals surface area (Å²) in [5, 5.41) is 20.1. The van der Waals surface area contributed by atoms with Crippen LogP contribution in [0.2, 0.25) is 6.32 Å². The Morgan fingerprint density at radius 2 is 1.47 bits per heavy atom. The van der Waals surface area contributed by atoms with Crippen molar-refractivity contribution in [2.45, 2.75) is 24.8 Å². The second kappa shape index (κ2) is 8.28. The van der Waals surface area contributed by atoms with Gasteiger partial charge in [0.1, 0.15) is 17.4 Å². The second-order valence-electron chi connectivity index (χ2n) is 7.47. The van der Waals surface area contributed by atoms with Crippen LogP contribution in [-0.4, -0.2) is 22.7 Å². The third-order valence-electron chi connectivity index (χ3n) is 5.56. The molecular formula is C23H20BF2NO3. The molecule has 1 heterocycles. The van der Waals surface area contributed by atoms with Gasteiger partial charge >= 0.3 is 0 Å². The minimum absolute atomic E-state index is 0.106. The molecule has 0 saturated carbocycles. The first-order chi connectivity index (χ1) is 14.4. The number of phenolic OH excluding ortho intramolecular Hbond substituents is 1. The summed E-state index contributed by atoms with van der Waals surface area (Å²) in [7, 11) is 0. The first-order valence-electron chi connectivity index (χ1n) is 9.75. The molecule has 1 fully saturated rings. The highest BCUT2D eigenvalue weighted by molar-refractivity contribution is 6.98. The van der Waals surface area contributed by atoms with Crippen LogP contribution < -0.4 is 4.90 Å². The summed E-state index contributed by atoms with van der Waals surface area (Å²) in [6.07, 6.45) is -0.0344. The summed E-state index contributed by atoms with van der Waals surface area (Å²) in [5.41, 5.74) is 2.03. The van der Waals surface area contributed by atoms with E-state index in [4.69, 9.17) is 0 Å². The van der Waals surface area contributed by atoms with E-state index in [9.17, 15) is 23.8 Å². The maximum atomic E-state index is 13.3. The number of phenols is 1. The van der Waals surface area contributed by atoms with Crippen LogP contribution in [0.5, 0.6) is 5.75 Å². The molecule has 3 aromatic rings. The molecule has 0 spiro atoms. The molecule has 0 aromatic heterocycles. The molecular weight excluding hydrogens is 387 g/mol. The smallest absolute Gasteiger partial charge is 0.283 e. The average molecular weight is 407 g/mol. The van der Waals surface area contributed by atoms with Gasteiger partial charge in [-0.15, -0.1) is 0 Å². The molecule has 1 aliphatic rings. The molecule has 1 saturated heterocycles. The van der Waals surface area contributed by atoms with E-state index in [1.165, 1.54) is 36.4 Å². The van der Waals surface area contributed by atoms with Crippen molar-refractivity contribution in [3.8, 4) is 5.75 Å². The summed E-state index contributed by atoms with van der Waals surface area (Å²) in [4.78, 5) is 14.6. The Labute approximate surface area is 173 Å². The zero-order valence-electron chi connectivity index (χ0n) is 16.1. The molecule has 2 N–H and O–H groups in total. The number of aliphatic hydroxyl groups is 1. The number of carbonyl (C=O) groups excluding carboxylic acids is 1. The summed E-state index contributed by atoms with van der Waals surface area (Å²) in [5.74, 6) is -1.02. The minimum atomic E-state index is -0.807. The van der Waals surface area contributed by atoms with E-state index in [0.717, 1.165) is 5.56 Å². The molecule has 0 aliphatic carbocycles. The number of carbonyl (C=O) groups is 1. The molecule has 3 aromatic carbocycles. The van der Waals surface area contributed by atoms with Gasteiger partial charge in [0.25, 0.3) is 6.71 Å². The number of hydrogen-bond acceptors (Lipinski definition) is 3. The number of nitrogens with zero attached hydrogens (tertiary/aromatic N) is 1. The van der Waals surface area contributed by atoms with Crippen molar-refractivity contribution in [1.29, 1.82) is 0 Å². The van der Waals surface area contributed by atoms with Crippen molar-refractivity contribution in [2.24, 2.45) is 0 Å². The summed E-state index contributed by atoms with van der Waals surface area (Å²) in [6, 6.07) is 18.0. The highest BCUT2D eigenvalue weighted by atomic mass is 19.1. The highest BCUT2D eigenvalue weighted by Gasteiger charge is 2.51. The fourth-order valence-electron chi connectivity index (χ4n) is 3.96. The van der Waals surface area contributed by atoms with Gasteiger partial charge in [-0.1, -0.05) is 30.6 Å². The minimum Gasteiger partial charge on any atom is -0.508 e. The molecule has 1 amide bonds. The topological polar surface area (TPSA) is 60.8 Å². The van der Waals surface area contributed by atoms with Crippen LogP contribution in [0.1, 0.15) is 29.6 Å². The Morgan fingerprint density at radius 3 is 2.07 bits per heavy atom. The van der Waals surface area contributed by atoms with Crippen LogP contribution in [0.3, 0.4) is 0 Å². The fraction of sp³-hybridized carbons (Fsp3) is 0.174. The van der Waals surface area contributed by atoms with E-state index in [1.807, 2.05) is 0 Å². The summed E-state index contributed by atoms with van der Waals surface area (Å²) >= 11 is 0. The van der Waals surface area contributed by atoms with Gasteiger partial charge in [-0.3, -0.25) is 4.79 Å². The van der Waals surface area contributed by atoms with Crippen LogP contribution in [0.25, 0.3) is 0 Å². The van der Waals surface area contributed by atoms with E-state index >= 15 is 0 Å². The average Bonchev–Trinajstić information content (AvgIpc) is 2.74. The normalized spacial score (nSPS) is 17.0. The maximum Gasteiger partial charge on any atom is 0.283 e. The molecule has 7 heteroatoms. The monoisotopic (exact) mass is 407 g/mol. The largest absolute Gasteiger partial charge is 0.508 e. The van der Waals surface area contributed by atoms with Crippen LogP contribution in [0.15, 0.2) is 72.8 Å². The lowest BCUT2D eigenvalue weighted by atomic mass is 9.33. The summed E-state index contributed by atoms with van der Waals surface area (Å²) in [6.45, 7) is -0.366. The first kappa shape index (κ1) is 20.1. The van der Waals surface area contributed by atoms with Crippen LogP contribution >= 0.6 is 0 Å². The standard InChI is InChI=1S/C23H20BF2NO3/c25-17-5-1-15(2-6-17)21(29)13-14-24-22(16-3-11-20(28)12-4-16)27(23(24)30)19-9-7-18(26)8-10-19/h1-12,21-22,28-29H,13-14H2/t21-,22+/m0/s1. The van der Waals surface area contributed by atoms with Crippen molar-refractivity contribution in [1.82, 2.24) is 0 Å². The third kappa shape index (κ3) is 3.93. The van der Waals surface area contributed by atoms with E-state index in [0.29, 0.717) is 24.0 Å². The summed E-state index contributed by atoms with van der Waals surface area (Å²) < 4.78 is 26.4. The fourth-order valence-corrected chi connectivity index (χ4v) is 3.96. The van der Waals surface area contributed by atoms with E-state index in [2.05, 4.69) is 0 Å². The van der Waals surface area contributed by atoms with E-state index in [-0.39, 0.29) is 35.8 Å². The van der Waals surface area contributed by atoms with E-state index in [1.54, 1.807) is 41.3 Å². The van der Waals surface area contributed by atoms with Crippen LogP contribution in [0, 0.1) is 11.6 Å². The number of halogens is 2. The Kier molecular flexibility index (Phi) is 5.55. The SMILES string of the molecule is O=C1B(CC[C@H](O)c2ccc(F)cc2)[C@@H](c2ccc(O)cc2)N1c1ccc(F)cc1. The maximum absolute atomic E-state index is 13.3. The Hall–Kier alpha value is -3.19. The first-order valence-corrected chi connectivity index (χ1v) is 9.75. The van der Waals surface area contributed by atoms with Gasteiger partial charge in [0.2, 0.25) is 0 Å². The van der Waals surface area contributed by atoms with Gasteiger partial charge in [-0.2, -0.15) is 0 Å². The number of anilines is 1. The molecule has 152 valence electrons. The van der Waals surface area contributed by atoms with Gasteiger partial charge in [0.15, 0.2) is 5.81 Å². The van der Waals surface area contributed by atoms with Crippen molar-refractivity contribution in [3.05, 3.63) is 95.6 Å². The Bertz CT molecular complexity index is 1030. The molecule has 30 heavy (non-hydrogen) atoms. The van der Waals surface area contributed by atoms with Crippen molar-refractivity contribution >= 4 is 18.2 Å². The number of hydrogen-bond donors (Lipinski definition) is 2. The van der Waals surface area contributed by atoms with Crippen molar-refractivity contribution < 1.29 is 23.8 Å². The zero-order valence-corrected chi connectivity index (χ0v) is 16.1. The molecule has 0 bridgehead atoms.